The van der Waals surface area contributed by atoms with E-state index in [4.69, 9.17) is 4.84 Å². The fraction of sp³-hybridized carbons (Fsp3) is 0.435. The minimum atomic E-state index is -5.31. The van der Waals surface area contributed by atoms with E-state index < -0.39 is 35.7 Å². The molecule has 38 heavy (non-hydrogen) atoms. The van der Waals surface area contributed by atoms with E-state index >= 15 is 0 Å². The highest BCUT2D eigenvalue weighted by Crippen LogP contribution is 2.39. The summed E-state index contributed by atoms with van der Waals surface area (Å²) in [6.45, 7) is 2.75. The van der Waals surface area contributed by atoms with E-state index in [1.165, 1.54) is 24.0 Å². The van der Waals surface area contributed by atoms with E-state index in [1.807, 2.05) is 0 Å². The van der Waals surface area contributed by atoms with Crippen molar-refractivity contribution in [1.82, 2.24) is 20.0 Å². The van der Waals surface area contributed by atoms with Gasteiger partial charge in [-0.3, -0.25) is 9.69 Å². The first-order valence-electron chi connectivity index (χ1n) is 11.4. The molecule has 9 nitrogen and oxygen atoms in total. The molecule has 0 amide bonds. The number of hydrogen-bond acceptors (Lipinski definition) is 8. The number of piperazine rings is 1. The molecule has 15 heteroatoms. The Bertz CT molecular complexity index is 1310. The zero-order valence-electron chi connectivity index (χ0n) is 19.9. The van der Waals surface area contributed by atoms with Crippen LogP contribution in [0.1, 0.15) is 18.1 Å². The summed E-state index contributed by atoms with van der Waals surface area (Å²) in [6, 6.07) is 4.34. The lowest BCUT2D eigenvalue weighted by atomic mass is 10.1. The fourth-order valence-corrected chi connectivity index (χ4v) is 4.22. The van der Waals surface area contributed by atoms with Gasteiger partial charge < -0.3 is 15.1 Å². The van der Waals surface area contributed by atoms with E-state index in [0.29, 0.717) is 31.2 Å². The molecule has 1 N–H and O–H groups in total. The third-order valence-corrected chi connectivity index (χ3v) is 5.92. The monoisotopic (exact) mass is 544 g/mol. The van der Waals surface area contributed by atoms with Crippen LogP contribution in [0.15, 0.2) is 35.3 Å². The number of anilines is 2. The molecule has 4 rings (SSSR count). The molecule has 1 unspecified atom stereocenters. The number of hydroxylamine groups is 1. The lowest BCUT2D eigenvalue weighted by Gasteiger charge is -2.40. The average molecular weight is 544 g/mol. The Morgan fingerprint density at radius 2 is 1.89 bits per heavy atom. The lowest BCUT2D eigenvalue weighted by Crippen LogP contribution is -2.61. The van der Waals surface area contributed by atoms with Gasteiger partial charge in [0.1, 0.15) is 11.4 Å². The van der Waals surface area contributed by atoms with Crippen LogP contribution < -0.4 is 20.8 Å². The van der Waals surface area contributed by atoms with Gasteiger partial charge in [-0.05, 0) is 24.6 Å². The number of halogens is 6. The third kappa shape index (κ3) is 5.55. The van der Waals surface area contributed by atoms with E-state index in [1.54, 1.807) is 4.90 Å². The number of alkyl halides is 6. The number of rotatable bonds is 5. The number of nitrogens with one attached hydrogen (secondary N) is 1. The molecule has 0 saturated carbocycles. The summed E-state index contributed by atoms with van der Waals surface area (Å²) >= 11 is 0. The van der Waals surface area contributed by atoms with E-state index in [9.17, 15) is 35.9 Å². The van der Waals surface area contributed by atoms with Crippen LogP contribution in [0.2, 0.25) is 0 Å². The van der Waals surface area contributed by atoms with Crippen LogP contribution in [0.5, 0.6) is 0 Å². The van der Waals surface area contributed by atoms with Gasteiger partial charge in [0.2, 0.25) is 0 Å². The number of fused-ring (bicyclic) bond motifs is 1. The molecule has 0 spiro atoms. The average Bonchev–Trinajstić information content (AvgIpc) is 3.17. The van der Waals surface area contributed by atoms with Crippen molar-refractivity contribution >= 4 is 17.3 Å². The Labute approximate surface area is 212 Å². The van der Waals surface area contributed by atoms with Crippen molar-refractivity contribution in [2.75, 3.05) is 42.7 Å². The van der Waals surface area contributed by atoms with Gasteiger partial charge in [-0.15, -0.1) is 5.92 Å². The number of carbonyl (C=O) groups excluding carboxylic acids is 1. The number of benzene rings is 1. The van der Waals surface area contributed by atoms with E-state index in [-0.39, 0.29) is 30.0 Å². The van der Waals surface area contributed by atoms with Crippen LogP contribution in [0.25, 0.3) is 0 Å². The van der Waals surface area contributed by atoms with Gasteiger partial charge in [0.25, 0.3) is 5.56 Å². The summed E-state index contributed by atoms with van der Waals surface area (Å²) in [5, 5.41) is 7.76. The third-order valence-electron chi connectivity index (χ3n) is 5.92. The molecular weight excluding hydrogens is 522 g/mol. The first kappa shape index (κ1) is 27.3. The SMILES string of the molecule is CC#CCN1c2c(cnn(Cc3cccc(C(F)(F)F)c3)c2=O)N(OC(=O)C(F)(F)F)C1N1CCNCC1. The predicted molar refractivity (Wildman–Crippen MR) is 123 cm³/mol. The molecule has 0 radical (unpaired) electrons. The van der Waals surface area contributed by atoms with Crippen LogP contribution in [-0.4, -0.2) is 65.8 Å². The van der Waals surface area contributed by atoms with Crippen molar-refractivity contribution in [3.05, 3.63) is 51.9 Å². The maximum atomic E-state index is 13.5. The molecule has 3 heterocycles. The Hall–Kier alpha value is -3.77. The maximum Gasteiger partial charge on any atom is 0.493 e. The largest absolute Gasteiger partial charge is 0.493 e. The molecule has 1 saturated heterocycles. The first-order chi connectivity index (χ1) is 17.9. The molecule has 1 fully saturated rings. The Kier molecular flexibility index (Phi) is 7.56. The lowest BCUT2D eigenvalue weighted by molar-refractivity contribution is -0.203. The first-order valence-corrected chi connectivity index (χ1v) is 11.4. The number of carbonyl (C=O) groups is 1. The zero-order chi connectivity index (χ0) is 27.7. The Morgan fingerprint density at radius 3 is 2.53 bits per heavy atom. The predicted octanol–water partition coefficient (Wildman–Crippen LogP) is 2.17. The van der Waals surface area contributed by atoms with Crippen LogP contribution in [0.4, 0.5) is 37.7 Å². The zero-order valence-corrected chi connectivity index (χ0v) is 19.9. The number of hydrogen-bond donors (Lipinski definition) is 1. The minimum Gasteiger partial charge on any atom is -0.329 e. The minimum absolute atomic E-state index is 0.110. The molecule has 2 aliphatic heterocycles. The van der Waals surface area contributed by atoms with Crippen molar-refractivity contribution in [1.29, 1.82) is 0 Å². The number of nitrogens with zero attached hydrogens (tertiary/aromatic N) is 5. The fourth-order valence-electron chi connectivity index (χ4n) is 4.22. The summed E-state index contributed by atoms with van der Waals surface area (Å²) < 4.78 is 79.7. The Balaban J connectivity index is 1.79. The van der Waals surface area contributed by atoms with Gasteiger partial charge >= 0.3 is 18.3 Å². The van der Waals surface area contributed by atoms with Gasteiger partial charge in [0.05, 0.1) is 24.8 Å². The van der Waals surface area contributed by atoms with Crippen molar-refractivity contribution < 1.29 is 36.0 Å². The normalized spacial score (nSPS) is 18.1. The van der Waals surface area contributed by atoms with Gasteiger partial charge in [-0.1, -0.05) is 18.1 Å². The molecule has 1 atom stereocenters. The van der Waals surface area contributed by atoms with Crippen molar-refractivity contribution in [3.63, 3.8) is 0 Å². The van der Waals surface area contributed by atoms with Crippen LogP contribution in [0.3, 0.4) is 0 Å². The topological polar surface area (TPSA) is 82.9 Å². The standard InChI is InChI=1S/C23H22F6N6O3/c1-2-3-9-33-18-17(35(38-20(37)23(27,28)29)21(33)32-10-7-30-8-11-32)13-31-34(19(18)36)14-15-5-4-6-16(12-15)22(24,25)26/h4-6,12-13,21,30H,7-11,14H2,1H3. The quantitative estimate of drug-likeness (QED) is 0.453. The van der Waals surface area contributed by atoms with Crippen LogP contribution in [-0.2, 0) is 22.4 Å². The second kappa shape index (κ2) is 10.5. The highest BCUT2D eigenvalue weighted by Gasteiger charge is 2.49. The number of aromatic nitrogens is 2. The second-order valence-corrected chi connectivity index (χ2v) is 8.43. The summed E-state index contributed by atoms with van der Waals surface area (Å²) in [5.74, 6) is 2.95. The summed E-state index contributed by atoms with van der Waals surface area (Å²) in [5.41, 5.74) is -1.93. The summed E-state index contributed by atoms with van der Waals surface area (Å²) in [7, 11) is 0. The molecule has 0 aliphatic carbocycles. The molecule has 2 aliphatic rings. The van der Waals surface area contributed by atoms with E-state index in [0.717, 1.165) is 23.0 Å². The maximum absolute atomic E-state index is 13.5. The summed E-state index contributed by atoms with van der Waals surface area (Å²) in [4.78, 5) is 33.2. The van der Waals surface area contributed by atoms with Gasteiger partial charge in [-0.25, -0.2) is 9.48 Å². The molecule has 2 aromatic rings. The summed E-state index contributed by atoms with van der Waals surface area (Å²) in [6.07, 6.45) is -10.0. The van der Waals surface area contributed by atoms with Crippen molar-refractivity contribution in [3.8, 4) is 11.8 Å². The second-order valence-electron chi connectivity index (χ2n) is 8.43. The van der Waals surface area contributed by atoms with E-state index in [2.05, 4.69) is 22.3 Å². The van der Waals surface area contributed by atoms with Crippen LogP contribution >= 0.6 is 0 Å². The van der Waals surface area contributed by atoms with Crippen molar-refractivity contribution in [2.24, 2.45) is 0 Å². The smallest absolute Gasteiger partial charge is 0.329 e. The van der Waals surface area contributed by atoms with Crippen molar-refractivity contribution in [2.45, 2.75) is 32.1 Å². The molecule has 204 valence electrons. The highest BCUT2D eigenvalue weighted by molar-refractivity contribution is 5.81. The molecule has 1 aromatic heterocycles. The van der Waals surface area contributed by atoms with Crippen LogP contribution in [0, 0.1) is 11.8 Å². The molecule has 0 bridgehead atoms. The van der Waals surface area contributed by atoms with Gasteiger partial charge in [-0.2, -0.15) is 36.5 Å². The molecule has 1 aromatic carbocycles. The Morgan fingerprint density at radius 1 is 1.18 bits per heavy atom. The highest BCUT2D eigenvalue weighted by atomic mass is 19.4. The molecular formula is C23H22F6N6O3. The van der Waals surface area contributed by atoms with Gasteiger partial charge in [0.15, 0.2) is 6.29 Å². The van der Waals surface area contributed by atoms with Gasteiger partial charge in [0, 0.05) is 26.2 Å².